The molecule has 0 aromatic heterocycles. The molecule has 0 bridgehead atoms. The Morgan fingerprint density at radius 2 is 0.880 bits per heavy atom. The van der Waals surface area contributed by atoms with Crippen molar-refractivity contribution in [3.05, 3.63) is 71.8 Å². The molecule has 25 heavy (non-hydrogen) atoms. The van der Waals surface area contributed by atoms with Gasteiger partial charge in [0, 0.05) is 25.7 Å². The highest BCUT2D eigenvalue weighted by molar-refractivity contribution is 5.81. The number of unbranched alkanes of at least 4 members (excludes halogenated alkanes) is 4. The first-order valence-electron chi connectivity index (χ1n) is 9.35. The van der Waals surface area contributed by atoms with Crippen LogP contribution in [0.1, 0.15) is 56.1 Å². The molecule has 0 fully saturated rings. The van der Waals surface area contributed by atoms with Gasteiger partial charge in [-0.3, -0.25) is 9.59 Å². The van der Waals surface area contributed by atoms with Crippen LogP contribution in [0.5, 0.6) is 0 Å². The van der Waals surface area contributed by atoms with E-state index in [1.165, 1.54) is 0 Å². The van der Waals surface area contributed by atoms with E-state index in [-0.39, 0.29) is 0 Å². The van der Waals surface area contributed by atoms with E-state index < -0.39 is 0 Å². The van der Waals surface area contributed by atoms with Gasteiger partial charge in [-0.15, -0.1) is 0 Å². The molecule has 0 amide bonds. The summed E-state index contributed by atoms with van der Waals surface area (Å²) < 4.78 is 0. The Kier molecular flexibility index (Phi) is 8.68. The van der Waals surface area contributed by atoms with E-state index in [0.29, 0.717) is 37.2 Å². The molecule has 0 saturated carbocycles. The van der Waals surface area contributed by atoms with Gasteiger partial charge in [-0.1, -0.05) is 79.9 Å². The Morgan fingerprint density at radius 3 is 1.28 bits per heavy atom. The molecule has 0 aliphatic heterocycles. The van der Waals surface area contributed by atoms with E-state index in [2.05, 4.69) is 0 Å². The second kappa shape index (κ2) is 11.4. The fraction of sp³-hybridized carbons (Fsp3) is 0.391. The van der Waals surface area contributed by atoms with E-state index in [9.17, 15) is 9.59 Å². The third-order valence-electron chi connectivity index (χ3n) is 4.40. The molecule has 0 aliphatic carbocycles. The molecular formula is C23H28O2. The molecule has 2 rings (SSSR count). The van der Waals surface area contributed by atoms with Crippen molar-refractivity contribution >= 4 is 11.6 Å². The Labute approximate surface area is 151 Å². The highest BCUT2D eigenvalue weighted by Gasteiger charge is 2.05. The van der Waals surface area contributed by atoms with Crippen LogP contribution in [0.15, 0.2) is 60.7 Å². The van der Waals surface area contributed by atoms with Crippen LogP contribution in [0, 0.1) is 0 Å². The molecular weight excluding hydrogens is 308 g/mol. The molecule has 0 aliphatic rings. The van der Waals surface area contributed by atoms with E-state index in [4.69, 9.17) is 0 Å². The van der Waals surface area contributed by atoms with Crippen molar-refractivity contribution in [3.63, 3.8) is 0 Å². The van der Waals surface area contributed by atoms with Crippen molar-refractivity contribution in [2.75, 3.05) is 0 Å². The topological polar surface area (TPSA) is 34.1 Å². The Hall–Kier alpha value is -2.22. The van der Waals surface area contributed by atoms with Crippen molar-refractivity contribution in [3.8, 4) is 0 Å². The maximum Gasteiger partial charge on any atom is 0.137 e. The van der Waals surface area contributed by atoms with Crippen LogP contribution in [0.4, 0.5) is 0 Å². The summed E-state index contributed by atoms with van der Waals surface area (Å²) in [6.07, 6.45) is 7.62. The molecule has 2 heteroatoms. The summed E-state index contributed by atoms with van der Waals surface area (Å²) in [7, 11) is 0. The van der Waals surface area contributed by atoms with E-state index in [1.807, 2.05) is 60.7 Å². The van der Waals surface area contributed by atoms with E-state index in [1.54, 1.807) is 0 Å². The molecule has 2 nitrogen and oxygen atoms in total. The first-order valence-corrected chi connectivity index (χ1v) is 9.35. The molecule has 0 unspecified atom stereocenters. The van der Waals surface area contributed by atoms with Gasteiger partial charge in [-0.25, -0.2) is 0 Å². The fourth-order valence-electron chi connectivity index (χ4n) is 3.00. The van der Waals surface area contributed by atoms with E-state index >= 15 is 0 Å². The number of benzene rings is 2. The molecule has 2 aromatic carbocycles. The molecule has 132 valence electrons. The zero-order valence-corrected chi connectivity index (χ0v) is 15.0. The van der Waals surface area contributed by atoms with E-state index in [0.717, 1.165) is 43.2 Å². The van der Waals surface area contributed by atoms with Gasteiger partial charge in [0.1, 0.15) is 11.6 Å². The number of carbonyl (C=O) groups is 2. The van der Waals surface area contributed by atoms with Gasteiger partial charge in [-0.05, 0) is 24.0 Å². The minimum atomic E-state index is 0.323. The molecule has 2 aromatic rings. The van der Waals surface area contributed by atoms with Gasteiger partial charge < -0.3 is 0 Å². The summed E-state index contributed by atoms with van der Waals surface area (Å²) in [5.74, 6) is 0.647. The molecule has 0 radical (unpaired) electrons. The summed E-state index contributed by atoms with van der Waals surface area (Å²) in [4.78, 5) is 23.8. The number of hydrogen-bond acceptors (Lipinski definition) is 2. The summed E-state index contributed by atoms with van der Waals surface area (Å²) in [6.45, 7) is 0. The number of carbonyl (C=O) groups excluding carboxylic acids is 2. The average molecular weight is 336 g/mol. The highest BCUT2D eigenvalue weighted by atomic mass is 16.1. The van der Waals surface area contributed by atoms with Gasteiger partial charge in [0.25, 0.3) is 0 Å². The average Bonchev–Trinajstić information content (AvgIpc) is 2.62. The standard InChI is InChI=1S/C23H28O2/c24-22(18-20-12-6-4-7-13-20)16-10-2-1-3-11-17-23(25)19-21-14-8-5-9-15-21/h4-9,12-15H,1-3,10-11,16-19H2. The van der Waals surface area contributed by atoms with Crippen LogP contribution < -0.4 is 0 Å². The molecule has 0 N–H and O–H groups in total. The Balaban J connectivity index is 1.46. The van der Waals surface area contributed by atoms with Crippen LogP contribution in [0.25, 0.3) is 0 Å². The summed E-state index contributed by atoms with van der Waals surface area (Å²) >= 11 is 0. The second-order valence-electron chi connectivity index (χ2n) is 6.67. The number of rotatable bonds is 12. The van der Waals surface area contributed by atoms with Crippen molar-refractivity contribution < 1.29 is 9.59 Å². The first kappa shape index (κ1) is 19.1. The monoisotopic (exact) mass is 336 g/mol. The third-order valence-corrected chi connectivity index (χ3v) is 4.40. The Bertz CT molecular complexity index is 574. The van der Waals surface area contributed by atoms with Gasteiger partial charge in [0.2, 0.25) is 0 Å². The normalized spacial score (nSPS) is 10.6. The minimum absolute atomic E-state index is 0.323. The largest absolute Gasteiger partial charge is 0.299 e. The highest BCUT2D eigenvalue weighted by Crippen LogP contribution is 2.11. The Morgan fingerprint density at radius 1 is 0.520 bits per heavy atom. The van der Waals surface area contributed by atoms with Crippen LogP contribution in [-0.2, 0) is 22.4 Å². The predicted octanol–water partition coefficient (Wildman–Crippen LogP) is 5.34. The fourth-order valence-corrected chi connectivity index (χ4v) is 3.00. The van der Waals surface area contributed by atoms with Crippen LogP contribution in [0.2, 0.25) is 0 Å². The lowest BCUT2D eigenvalue weighted by atomic mass is 10.0. The maximum absolute atomic E-state index is 11.9. The van der Waals surface area contributed by atoms with Crippen molar-refractivity contribution in [1.82, 2.24) is 0 Å². The lowest BCUT2D eigenvalue weighted by Gasteiger charge is -2.03. The predicted molar refractivity (Wildman–Crippen MR) is 103 cm³/mol. The lowest BCUT2D eigenvalue weighted by Crippen LogP contribution is -2.03. The SMILES string of the molecule is O=C(CCCCCCCC(=O)Cc1ccccc1)Cc1ccccc1. The zero-order chi connectivity index (χ0) is 17.7. The summed E-state index contributed by atoms with van der Waals surface area (Å²) in [5, 5.41) is 0. The van der Waals surface area contributed by atoms with Crippen molar-refractivity contribution in [2.45, 2.75) is 57.8 Å². The lowest BCUT2D eigenvalue weighted by molar-refractivity contribution is -0.119. The molecule has 0 spiro atoms. The van der Waals surface area contributed by atoms with Gasteiger partial charge in [0.15, 0.2) is 0 Å². The van der Waals surface area contributed by atoms with Crippen molar-refractivity contribution in [2.24, 2.45) is 0 Å². The molecule has 0 saturated heterocycles. The summed E-state index contributed by atoms with van der Waals surface area (Å²) in [6, 6.07) is 19.9. The number of Topliss-reactive ketones (excluding diaryl/α,β-unsaturated/α-hetero) is 2. The smallest absolute Gasteiger partial charge is 0.137 e. The second-order valence-corrected chi connectivity index (χ2v) is 6.67. The molecule has 0 atom stereocenters. The maximum atomic E-state index is 11.9. The minimum Gasteiger partial charge on any atom is -0.299 e. The van der Waals surface area contributed by atoms with Crippen molar-refractivity contribution in [1.29, 1.82) is 0 Å². The first-order chi connectivity index (χ1) is 12.2. The van der Waals surface area contributed by atoms with Gasteiger partial charge in [0.05, 0.1) is 0 Å². The quantitative estimate of drug-likeness (QED) is 0.490. The zero-order valence-electron chi connectivity index (χ0n) is 15.0. The van der Waals surface area contributed by atoms with Crippen LogP contribution in [0.3, 0.4) is 0 Å². The number of ketones is 2. The number of hydrogen-bond donors (Lipinski definition) is 0. The van der Waals surface area contributed by atoms with Gasteiger partial charge in [-0.2, -0.15) is 0 Å². The van der Waals surface area contributed by atoms with Gasteiger partial charge >= 0.3 is 0 Å². The summed E-state index contributed by atoms with van der Waals surface area (Å²) in [5.41, 5.74) is 2.20. The van der Waals surface area contributed by atoms with Crippen LogP contribution >= 0.6 is 0 Å². The van der Waals surface area contributed by atoms with Crippen LogP contribution in [-0.4, -0.2) is 11.6 Å². The third kappa shape index (κ3) is 8.44. The molecule has 0 heterocycles.